The van der Waals surface area contributed by atoms with Crippen LogP contribution in [0.3, 0.4) is 0 Å². The Kier molecular flexibility index (Phi) is 12.1. The minimum absolute atomic E-state index is 0.0230. The first-order chi connectivity index (χ1) is 28.3. The molecule has 60 heavy (non-hydrogen) atoms. The molecule has 3 N–H and O–H groups in total. The van der Waals surface area contributed by atoms with Crippen molar-refractivity contribution in [2.24, 2.45) is 23.2 Å². The van der Waals surface area contributed by atoms with Gasteiger partial charge in [-0.1, -0.05) is 45.8 Å². The van der Waals surface area contributed by atoms with Crippen LogP contribution in [0.15, 0.2) is 35.7 Å². The fourth-order valence-corrected chi connectivity index (χ4v) is 10.4. The molecule has 7 rings (SSSR count). The lowest BCUT2D eigenvalue weighted by molar-refractivity contribution is -0.142. The maximum absolute atomic E-state index is 15.0. The van der Waals surface area contributed by atoms with Crippen molar-refractivity contribution in [3.05, 3.63) is 46.6 Å². The molecule has 1 aromatic carbocycles. The van der Waals surface area contributed by atoms with E-state index < -0.39 is 86.2 Å². The first-order valence-electron chi connectivity index (χ1n) is 20.4. The van der Waals surface area contributed by atoms with Crippen molar-refractivity contribution in [1.29, 1.82) is 0 Å². The standard InChI is InChI=1S/C41H51FN6O10S2/c1-23(49)58-26-12-15-28(30(42)16-26)32-21-59-35(43-32)37(52)47-18-24-19-48-33(29(24)20-47)34(50)45-41(38(53)46-60(55,56)27-13-14-27)17-25(41)10-8-6-5-7-9-11-31(36(48)51)44-39(54)57-22-40(2,3)4/h8,10,12,15-16,21,24-25,27,29,31,33H,5-7,9,11,13-14,17-20,22H2,1-4H3,(H,44,54)(H,45,50)(H,46,53)/b10-8-/t24-,25+,29-,31-,33-,41-/m0/s1. The number of amides is 5. The summed E-state index contributed by atoms with van der Waals surface area (Å²) in [5.74, 6) is -5.23. The molecule has 2 aromatic rings. The minimum Gasteiger partial charge on any atom is -0.449 e. The van der Waals surface area contributed by atoms with Gasteiger partial charge in [0.25, 0.3) is 11.8 Å². The molecule has 2 saturated carbocycles. The SMILES string of the molecule is CC(=O)Oc1ccc(-c2csc(C(=O)N3C[C@H]4CN5C(=O)[C@@H](NC(=O)OCC(C)(C)C)CCCCC/C=C\[C@@H]6C[C@]6(C(=O)NS(=O)(=O)C6CC6)NC(=O)[C@@H]5[C@H]4C3)n2)c(F)c1. The fraction of sp³-hybridized carbons (Fsp3) is 0.585. The number of ether oxygens (including phenoxy) is 2. The maximum Gasteiger partial charge on any atom is 0.407 e. The lowest BCUT2D eigenvalue weighted by atomic mass is 9.93. The highest BCUT2D eigenvalue weighted by molar-refractivity contribution is 7.91. The van der Waals surface area contributed by atoms with Gasteiger partial charge in [-0.05, 0) is 56.1 Å². The number of likely N-dealkylation sites (tertiary alicyclic amines) is 1. The molecule has 6 atom stereocenters. The molecule has 0 spiro atoms. The van der Waals surface area contributed by atoms with Crippen LogP contribution >= 0.6 is 11.3 Å². The highest BCUT2D eigenvalue weighted by Crippen LogP contribution is 2.47. The summed E-state index contributed by atoms with van der Waals surface area (Å²) in [5, 5.41) is 6.57. The van der Waals surface area contributed by atoms with E-state index in [-0.39, 0.29) is 72.4 Å². The number of carbonyl (C=O) groups excluding carboxylic acids is 6. The summed E-state index contributed by atoms with van der Waals surface area (Å²) in [6, 6.07) is 1.66. The maximum atomic E-state index is 15.0. The predicted octanol–water partition coefficient (Wildman–Crippen LogP) is 3.92. The summed E-state index contributed by atoms with van der Waals surface area (Å²) < 4.78 is 53.5. The number of carbonyl (C=O) groups is 6. The molecule has 2 aliphatic carbocycles. The third kappa shape index (κ3) is 9.51. The van der Waals surface area contributed by atoms with E-state index in [1.807, 2.05) is 32.9 Å². The fourth-order valence-electron chi connectivity index (χ4n) is 8.27. The Bertz CT molecular complexity index is 2200. The topological polar surface area (TPSA) is 210 Å². The second kappa shape index (κ2) is 16.9. The highest BCUT2D eigenvalue weighted by Gasteiger charge is 2.63. The lowest BCUT2D eigenvalue weighted by Crippen LogP contribution is -2.60. The van der Waals surface area contributed by atoms with Crippen LogP contribution in [0.25, 0.3) is 11.3 Å². The van der Waals surface area contributed by atoms with Crippen LogP contribution in [0.4, 0.5) is 9.18 Å². The largest absolute Gasteiger partial charge is 0.449 e. The van der Waals surface area contributed by atoms with Gasteiger partial charge in [-0.25, -0.2) is 22.6 Å². The number of benzene rings is 1. The molecule has 5 amide bonds. The number of rotatable bonds is 8. The predicted molar refractivity (Wildman–Crippen MR) is 216 cm³/mol. The zero-order valence-corrected chi connectivity index (χ0v) is 35.7. The third-order valence-corrected chi connectivity index (χ3v) is 14.2. The van der Waals surface area contributed by atoms with Crippen LogP contribution in [0.2, 0.25) is 0 Å². The third-order valence-electron chi connectivity index (χ3n) is 11.6. The zero-order chi connectivity index (χ0) is 43.1. The molecular formula is C41H51FN6O10S2. The van der Waals surface area contributed by atoms with E-state index in [0.29, 0.717) is 25.7 Å². The first kappa shape index (κ1) is 43.2. The molecule has 4 heterocycles. The van der Waals surface area contributed by atoms with Crippen molar-refractivity contribution in [2.75, 3.05) is 26.2 Å². The lowest BCUT2D eigenvalue weighted by Gasteiger charge is -2.33. The van der Waals surface area contributed by atoms with E-state index in [9.17, 15) is 37.2 Å². The summed E-state index contributed by atoms with van der Waals surface area (Å²) in [5.41, 5.74) is -1.60. The molecule has 19 heteroatoms. The number of alkyl carbamates (subject to hydrolysis) is 1. The number of allylic oxidation sites excluding steroid dienone is 1. The van der Waals surface area contributed by atoms with Crippen LogP contribution in [0.1, 0.15) is 88.9 Å². The molecule has 5 aliphatic rings. The number of sulfonamides is 1. The van der Waals surface area contributed by atoms with Gasteiger partial charge in [-0.15, -0.1) is 11.3 Å². The van der Waals surface area contributed by atoms with E-state index in [4.69, 9.17) is 9.47 Å². The number of aromatic nitrogens is 1. The second-order valence-electron chi connectivity index (χ2n) is 17.7. The van der Waals surface area contributed by atoms with Crippen LogP contribution in [0.5, 0.6) is 5.75 Å². The van der Waals surface area contributed by atoms with Gasteiger partial charge in [0.2, 0.25) is 21.8 Å². The van der Waals surface area contributed by atoms with E-state index in [2.05, 4.69) is 20.3 Å². The molecule has 0 radical (unpaired) electrons. The molecular weight excluding hydrogens is 820 g/mol. The van der Waals surface area contributed by atoms with E-state index in [1.54, 1.807) is 0 Å². The van der Waals surface area contributed by atoms with Gasteiger partial charge in [-0.2, -0.15) is 0 Å². The number of nitrogens with zero attached hydrogens (tertiary/aromatic N) is 3. The second-order valence-corrected chi connectivity index (χ2v) is 20.5. The molecule has 2 saturated heterocycles. The monoisotopic (exact) mass is 870 g/mol. The van der Waals surface area contributed by atoms with Crippen molar-refractivity contribution < 1.29 is 51.0 Å². The molecule has 3 aliphatic heterocycles. The Morgan fingerprint density at radius 2 is 1.83 bits per heavy atom. The van der Waals surface area contributed by atoms with Crippen molar-refractivity contribution in [3.8, 4) is 17.0 Å². The number of hydrogen-bond acceptors (Lipinski definition) is 12. The zero-order valence-electron chi connectivity index (χ0n) is 34.0. The molecule has 0 unspecified atom stereocenters. The van der Waals surface area contributed by atoms with Gasteiger partial charge in [0, 0.05) is 61.3 Å². The molecule has 4 fully saturated rings. The molecule has 1 aromatic heterocycles. The van der Waals surface area contributed by atoms with Gasteiger partial charge in [-0.3, -0.25) is 28.7 Å². The van der Waals surface area contributed by atoms with Crippen molar-refractivity contribution >= 4 is 57.1 Å². The smallest absolute Gasteiger partial charge is 0.407 e. The van der Waals surface area contributed by atoms with E-state index in [1.165, 1.54) is 34.2 Å². The van der Waals surface area contributed by atoms with Crippen molar-refractivity contribution in [1.82, 2.24) is 30.1 Å². The summed E-state index contributed by atoms with van der Waals surface area (Å²) in [7, 11) is -3.95. The van der Waals surface area contributed by atoms with E-state index in [0.717, 1.165) is 30.2 Å². The van der Waals surface area contributed by atoms with Gasteiger partial charge in [0.1, 0.15) is 29.2 Å². The van der Waals surface area contributed by atoms with Gasteiger partial charge >= 0.3 is 12.1 Å². The summed E-state index contributed by atoms with van der Waals surface area (Å²) >= 11 is 1.02. The molecule has 16 nitrogen and oxygen atoms in total. The van der Waals surface area contributed by atoms with Gasteiger partial charge < -0.3 is 29.9 Å². The van der Waals surface area contributed by atoms with Crippen molar-refractivity contribution in [2.45, 2.75) is 102 Å². The Hall–Kier alpha value is -4.91. The normalized spacial score (nSPS) is 27.6. The number of fused-ring (bicyclic) bond motifs is 4. The van der Waals surface area contributed by atoms with E-state index >= 15 is 4.39 Å². The molecule has 0 bridgehead atoms. The van der Waals surface area contributed by atoms with Crippen molar-refractivity contribution in [3.63, 3.8) is 0 Å². The van der Waals surface area contributed by atoms with Crippen LogP contribution in [0, 0.1) is 29.0 Å². The average molecular weight is 871 g/mol. The summed E-state index contributed by atoms with van der Waals surface area (Å²) in [4.78, 5) is 88.8. The first-order valence-corrected chi connectivity index (χ1v) is 22.8. The highest BCUT2D eigenvalue weighted by atomic mass is 32.2. The quantitative estimate of drug-likeness (QED) is 0.197. The summed E-state index contributed by atoms with van der Waals surface area (Å²) in [6.45, 7) is 7.27. The van der Waals surface area contributed by atoms with Crippen LogP contribution in [-0.4, -0.2) is 108 Å². The number of hydrogen-bond donors (Lipinski definition) is 3. The number of nitrogens with one attached hydrogen (secondary N) is 3. The Morgan fingerprint density at radius 1 is 1.07 bits per heavy atom. The Labute approximate surface area is 352 Å². The van der Waals surface area contributed by atoms with Crippen LogP contribution < -0.4 is 20.1 Å². The van der Waals surface area contributed by atoms with Gasteiger partial charge in [0.05, 0.1) is 17.6 Å². The Morgan fingerprint density at radius 3 is 2.53 bits per heavy atom. The number of halogens is 1. The summed E-state index contributed by atoms with van der Waals surface area (Å²) in [6.07, 6.45) is 7.04. The average Bonchev–Trinajstić information content (AvgIpc) is 3.99. The molecule has 324 valence electrons. The van der Waals surface area contributed by atoms with Gasteiger partial charge in [0.15, 0.2) is 5.01 Å². The number of thiazole rings is 1. The number of esters is 1. The van der Waals surface area contributed by atoms with Crippen LogP contribution in [-0.2, 0) is 33.9 Å². The Balaban J connectivity index is 1.15. The minimum atomic E-state index is -3.95.